The fourth-order valence-electron chi connectivity index (χ4n) is 3.26. The van der Waals surface area contributed by atoms with Crippen molar-refractivity contribution in [1.29, 1.82) is 0 Å². The normalized spacial score (nSPS) is 15.5. The molecule has 1 N–H and O–H groups in total. The Morgan fingerprint density at radius 2 is 1.77 bits per heavy atom. The third-order valence-corrected chi connectivity index (χ3v) is 4.87. The van der Waals surface area contributed by atoms with Crippen LogP contribution in [0.15, 0.2) is 29.1 Å². The first-order valence-corrected chi connectivity index (χ1v) is 9.35. The van der Waals surface area contributed by atoms with E-state index in [0.29, 0.717) is 18.5 Å². The summed E-state index contributed by atoms with van der Waals surface area (Å²) in [6.07, 6.45) is 2.45. The van der Waals surface area contributed by atoms with Gasteiger partial charge in [-0.3, -0.25) is 9.59 Å². The lowest BCUT2D eigenvalue weighted by Crippen LogP contribution is -2.36. The second kappa shape index (κ2) is 7.58. The van der Waals surface area contributed by atoms with E-state index in [1.165, 1.54) is 12.8 Å². The van der Waals surface area contributed by atoms with Crippen LogP contribution in [0.2, 0.25) is 0 Å². The van der Waals surface area contributed by atoms with E-state index >= 15 is 0 Å². The molecule has 1 aliphatic heterocycles. The van der Waals surface area contributed by atoms with Gasteiger partial charge in [0.2, 0.25) is 5.91 Å². The molecule has 140 valence electrons. The lowest BCUT2D eigenvalue weighted by Gasteiger charge is -2.19. The number of benzene rings is 1. The molecule has 0 atom stereocenters. The quantitative estimate of drug-likeness (QED) is 0.891. The highest BCUT2D eigenvalue weighted by atomic mass is 16.2. The van der Waals surface area contributed by atoms with Crippen molar-refractivity contribution in [2.75, 3.05) is 19.6 Å². The number of aromatic nitrogens is 2. The van der Waals surface area contributed by atoms with Crippen molar-refractivity contribution in [2.45, 2.75) is 46.7 Å². The summed E-state index contributed by atoms with van der Waals surface area (Å²) in [7, 11) is 0. The number of fused-ring (bicyclic) bond motifs is 1. The molecule has 1 saturated heterocycles. The van der Waals surface area contributed by atoms with Gasteiger partial charge in [0.15, 0.2) is 0 Å². The van der Waals surface area contributed by atoms with Crippen molar-refractivity contribution in [2.24, 2.45) is 5.41 Å². The molecule has 0 bridgehead atoms. The maximum atomic E-state index is 12.8. The number of carbonyl (C=O) groups is 1. The van der Waals surface area contributed by atoms with Gasteiger partial charge in [0.25, 0.3) is 5.56 Å². The lowest BCUT2D eigenvalue weighted by atomic mass is 9.95. The Kier molecular flexibility index (Phi) is 5.41. The summed E-state index contributed by atoms with van der Waals surface area (Å²) < 4.78 is 1.55. The van der Waals surface area contributed by atoms with Gasteiger partial charge >= 0.3 is 0 Å². The Bertz CT molecular complexity index is 845. The molecule has 6 heteroatoms. The number of hydrogen-bond acceptors (Lipinski definition) is 4. The van der Waals surface area contributed by atoms with Crippen molar-refractivity contribution >= 4 is 16.7 Å². The highest BCUT2D eigenvalue weighted by Crippen LogP contribution is 2.16. The Hall–Kier alpha value is -2.21. The van der Waals surface area contributed by atoms with E-state index in [0.717, 1.165) is 30.7 Å². The first-order valence-electron chi connectivity index (χ1n) is 9.35. The molecule has 1 aromatic carbocycles. The fourth-order valence-corrected chi connectivity index (χ4v) is 3.26. The van der Waals surface area contributed by atoms with Crippen LogP contribution in [0.3, 0.4) is 0 Å². The number of nitrogens with one attached hydrogen (secondary N) is 1. The second-order valence-electron chi connectivity index (χ2n) is 8.00. The molecule has 0 unspecified atom stereocenters. The fraction of sp³-hybridized carbons (Fsp3) is 0.550. The third-order valence-electron chi connectivity index (χ3n) is 4.87. The molecule has 0 aliphatic carbocycles. The average molecular weight is 356 g/mol. The molecule has 0 radical (unpaired) electrons. The molecule has 0 saturated carbocycles. The standard InChI is InChI=1S/C20H28N4O2/c1-20(2,3)19(26)21-14-17-15-8-4-5-9-16(15)18(25)24(22-17)13-12-23-10-6-7-11-23/h4-5,8-9H,6-7,10-14H2,1-3H3,(H,21,26). The Balaban J connectivity index is 1.87. The number of likely N-dealkylation sites (tertiary alicyclic amines) is 1. The van der Waals surface area contributed by atoms with E-state index in [1.54, 1.807) is 4.68 Å². The van der Waals surface area contributed by atoms with Crippen LogP contribution in [-0.4, -0.2) is 40.2 Å². The van der Waals surface area contributed by atoms with E-state index in [4.69, 9.17) is 0 Å². The zero-order chi connectivity index (χ0) is 18.7. The predicted molar refractivity (Wildman–Crippen MR) is 103 cm³/mol. The third kappa shape index (κ3) is 4.12. The molecule has 1 aliphatic rings. The zero-order valence-corrected chi connectivity index (χ0v) is 15.9. The van der Waals surface area contributed by atoms with Crippen LogP contribution in [0.5, 0.6) is 0 Å². The second-order valence-corrected chi connectivity index (χ2v) is 8.00. The van der Waals surface area contributed by atoms with Crippen molar-refractivity contribution in [3.63, 3.8) is 0 Å². The first-order chi connectivity index (χ1) is 12.4. The first kappa shape index (κ1) is 18.6. The average Bonchev–Trinajstić information content (AvgIpc) is 3.13. The van der Waals surface area contributed by atoms with Crippen LogP contribution in [0.4, 0.5) is 0 Å². The molecule has 6 nitrogen and oxygen atoms in total. The summed E-state index contributed by atoms with van der Waals surface area (Å²) in [5, 5.41) is 8.99. The van der Waals surface area contributed by atoms with E-state index in [1.807, 2.05) is 45.0 Å². The van der Waals surface area contributed by atoms with Crippen molar-refractivity contribution in [3.05, 3.63) is 40.3 Å². The highest BCUT2D eigenvalue weighted by Gasteiger charge is 2.21. The van der Waals surface area contributed by atoms with Gasteiger partial charge in [-0.1, -0.05) is 39.0 Å². The number of rotatable bonds is 5. The highest BCUT2D eigenvalue weighted by molar-refractivity contribution is 5.85. The summed E-state index contributed by atoms with van der Waals surface area (Å²) in [4.78, 5) is 27.4. The monoisotopic (exact) mass is 356 g/mol. The Labute approximate surface area is 154 Å². The molecule has 1 aromatic heterocycles. The SMILES string of the molecule is CC(C)(C)C(=O)NCc1nn(CCN2CCCC2)c(=O)c2ccccc12. The molecule has 2 aromatic rings. The summed E-state index contributed by atoms with van der Waals surface area (Å²) >= 11 is 0. The largest absolute Gasteiger partial charge is 0.350 e. The van der Waals surface area contributed by atoms with Gasteiger partial charge in [-0.25, -0.2) is 4.68 Å². The molecular formula is C20H28N4O2. The van der Waals surface area contributed by atoms with Gasteiger partial charge in [-0.15, -0.1) is 0 Å². The van der Waals surface area contributed by atoms with Gasteiger partial charge in [0.1, 0.15) is 0 Å². The number of hydrogen-bond donors (Lipinski definition) is 1. The molecule has 1 fully saturated rings. The molecule has 1 amide bonds. The molecular weight excluding hydrogens is 328 g/mol. The molecule has 3 rings (SSSR count). The van der Waals surface area contributed by atoms with Gasteiger partial charge in [0.05, 0.1) is 24.2 Å². The van der Waals surface area contributed by atoms with E-state index in [2.05, 4.69) is 15.3 Å². The predicted octanol–water partition coefficient (Wildman–Crippen LogP) is 2.15. The summed E-state index contributed by atoms with van der Waals surface area (Å²) in [5.74, 6) is -0.0294. The van der Waals surface area contributed by atoms with Crippen LogP contribution in [0.25, 0.3) is 10.8 Å². The molecule has 2 heterocycles. The number of amides is 1. The minimum atomic E-state index is -0.458. The van der Waals surface area contributed by atoms with Crippen molar-refractivity contribution < 1.29 is 4.79 Å². The Morgan fingerprint density at radius 3 is 2.42 bits per heavy atom. The van der Waals surface area contributed by atoms with Crippen molar-refractivity contribution in [3.8, 4) is 0 Å². The summed E-state index contributed by atoms with van der Waals surface area (Å²) in [6, 6.07) is 7.49. The van der Waals surface area contributed by atoms with Crippen LogP contribution < -0.4 is 10.9 Å². The van der Waals surface area contributed by atoms with Crippen LogP contribution in [0, 0.1) is 5.41 Å². The minimum Gasteiger partial charge on any atom is -0.350 e. The maximum absolute atomic E-state index is 12.8. The van der Waals surface area contributed by atoms with Gasteiger partial charge < -0.3 is 10.2 Å². The van der Waals surface area contributed by atoms with Crippen LogP contribution in [-0.2, 0) is 17.9 Å². The Morgan fingerprint density at radius 1 is 1.12 bits per heavy atom. The number of nitrogens with zero attached hydrogens (tertiary/aromatic N) is 3. The summed E-state index contributed by atoms with van der Waals surface area (Å²) in [5.41, 5.74) is 0.213. The van der Waals surface area contributed by atoms with E-state index in [9.17, 15) is 9.59 Å². The van der Waals surface area contributed by atoms with E-state index in [-0.39, 0.29) is 11.5 Å². The van der Waals surface area contributed by atoms with Crippen molar-refractivity contribution in [1.82, 2.24) is 20.0 Å². The smallest absolute Gasteiger partial charge is 0.274 e. The van der Waals surface area contributed by atoms with Crippen LogP contribution >= 0.6 is 0 Å². The van der Waals surface area contributed by atoms with Crippen LogP contribution in [0.1, 0.15) is 39.3 Å². The topological polar surface area (TPSA) is 67.2 Å². The van der Waals surface area contributed by atoms with E-state index < -0.39 is 5.41 Å². The number of carbonyl (C=O) groups excluding carboxylic acids is 1. The van der Waals surface area contributed by atoms with Gasteiger partial charge in [-0.2, -0.15) is 5.10 Å². The van der Waals surface area contributed by atoms with Gasteiger partial charge in [0, 0.05) is 17.3 Å². The zero-order valence-electron chi connectivity index (χ0n) is 15.9. The molecule has 26 heavy (non-hydrogen) atoms. The minimum absolute atomic E-state index is 0.0294. The summed E-state index contributed by atoms with van der Waals surface area (Å²) in [6.45, 7) is 9.55. The molecule has 0 spiro atoms. The maximum Gasteiger partial charge on any atom is 0.274 e. The van der Waals surface area contributed by atoms with Gasteiger partial charge in [-0.05, 0) is 32.0 Å². The lowest BCUT2D eigenvalue weighted by molar-refractivity contribution is -0.128.